The Morgan fingerprint density at radius 2 is 1.94 bits per heavy atom. The van der Waals surface area contributed by atoms with E-state index in [1.54, 1.807) is 13.8 Å². The molecule has 0 aliphatic rings. The molecule has 0 aromatic carbocycles. The summed E-state index contributed by atoms with van der Waals surface area (Å²) >= 11 is 0. The van der Waals surface area contributed by atoms with Gasteiger partial charge >= 0.3 is 12.0 Å². The summed E-state index contributed by atoms with van der Waals surface area (Å²) < 4.78 is 4.62. The summed E-state index contributed by atoms with van der Waals surface area (Å²) in [4.78, 5) is 34.2. The van der Waals surface area contributed by atoms with Gasteiger partial charge < -0.3 is 20.7 Å². The van der Waals surface area contributed by atoms with E-state index in [2.05, 4.69) is 10.1 Å². The molecule has 0 saturated carbocycles. The van der Waals surface area contributed by atoms with E-state index in [1.807, 2.05) is 0 Å². The number of likely N-dealkylation sites (N-methyl/N-ethyl adjacent to an activating group) is 1. The van der Waals surface area contributed by atoms with Crippen LogP contribution in [0.25, 0.3) is 0 Å². The Morgan fingerprint density at radius 1 is 1.31 bits per heavy atom. The van der Waals surface area contributed by atoms with Crippen molar-refractivity contribution in [1.29, 1.82) is 0 Å². The highest BCUT2D eigenvalue weighted by Crippen LogP contribution is 1.88. The molecule has 7 heteroatoms. The van der Waals surface area contributed by atoms with Crippen LogP contribution in [0.4, 0.5) is 4.79 Å². The molecule has 0 rings (SSSR count). The molecule has 0 aromatic heterocycles. The maximum absolute atomic E-state index is 11.4. The lowest BCUT2D eigenvalue weighted by Crippen LogP contribution is -2.45. The van der Waals surface area contributed by atoms with Crippen molar-refractivity contribution in [3.63, 3.8) is 0 Å². The predicted molar refractivity (Wildman–Crippen MR) is 56.5 cm³/mol. The van der Waals surface area contributed by atoms with Gasteiger partial charge in [0, 0.05) is 6.54 Å². The molecule has 0 aromatic rings. The number of carbonyl (C=O) groups is 3. The number of hydrogen-bond donors (Lipinski definition) is 2. The van der Waals surface area contributed by atoms with E-state index in [9.17, 15) is 14.4 Å². The number of nitrogens with zero attached hydrogens (tertiary/aromatic N) is 1. The minimum absolute atomic E-state index is 0.175. The van der Waals surface area contributed by atoms with Crippen molar-refractivity contribution in [1.82, 2.24) is 10.2 Å². The predicted octanol–water partition coefficient (Wildman–Crippen LogP) is -0.934. The van der Waals surface area contributed by atoms with E-state index in [-0.39, 0.29) is 19.7 Å². The van der Waals surface area contributed by atoms with Gasteiger partial charge in [-0.15, -0.1) is 0 Å². The van der Waals surface area contributed by atoms with Crippen molar-refractivity contribution < 1.29 is 19.1 Å². The lowest BCUT2D eigenvalue weighted by molar-refractivity contribution is -0.141. The molecule has 0 aliphatic carbocycles. The van der Waals surface area contributed by atoms with Gasteiger partial charge in [-0.1, -0.05) is 0 Å². The van der Waals surface area contributed by atoms with Crippen molar-refractivity contribution in [2.75, 3.05) is 26.2 Å². The molecule has 0 unspecified atom stereocenters. The lowest BCUT2D eigenvalue weighted by Gasteiger charge is -2.19. The molecule has 0 saturated heterocycles. The fourth-order valence-corrected chi connectivity index (χ4v) is 0.987. The van der Waals surface area contributed by atoms with Crippen molar-refractivity contribution >= 4 is 17.9 Å². The number of nitrogens with one attached hydrogen (secondary N) is 1. The van der Waals surface area contributed by atoms with Crippen LogP contribution in [0.2, 0.25) is 0 Å². The summed E-state index contributed by atoms with van der Waals surface area (Å²) in [6.45, 7) is 3.57. The molecule has 16 heavy (non-hydrogen) atoms. The molecule has 0 bridgehead atoms. The van der Waals surface area contributed by atoms with Crippen molar-refractivity contribution in [3.05, 3.63) is 0 Å². The monoisotopic (exact) mass is 231 g/mol. The number of amides is 3. The van der Waals surface area contributed by atoms with Crippen LogP contribution in [0.1, 0.15) is 13.8 Å². The summed E-state index contributed by atoms with van der Waals surface area (Å²) in [6.07, 6.45) is 0. The standard InChI is InChI=1S/C9H17N3O4/c1-3-12(6-7(10)13)9(15)11-5-8(14)16-4-2/h3-6H2,1-2H3,(H2,10,13)(H,11,15). The quantitative estimate of drug-likeness (QED) is 0.576. The minimum atomic E-state index is -0.604. The van der Waals surface area contributed by atoms with E-state index in [0.717, 1.165) is 0 Å². The minimum Gasteiger partial charge on any atom is -0.465 e. The van der Waals surface area contributed by atoms with Gasteiger partial charge in [0.15, 0.2) is 0 Å². The van der Waals surface area contributed by atoms with Crippen LogP contribution in [0.3, 0.4) is 0 Å². The number of nitrogens with two attached hydrogens (primary N) is 1. The molecule has 0 atom stereocenters. The van der Waals surface area contributed by atoms with Gasteiger partial charge in [-0.25, -0.2) is 4.79 Å². The molecule has 0 aliphatic heterocycles. The number of primary amides is 1. The van der Waals surface area contributed by atoms with E-state index < -0.39 is 17.9 Å². The number of ether oxygens (including phenoxy) is 1. The first-order chi connectivity index (χ1) is 7.51. The Bertz CT molecular complexity index is 267. The molecule has 92 valence electrons. The third-order valence-electron chi connectivity index (χ3n) is 1.70. The van der Waals surface area contributed by atoms with Crippen molar-refractivity contribution in [3.8, 4) is 0 Å². The van der Waals surface area contributed by atoms with Gasteiger partial charge in [0.25, 0.3) is 0 Å². The first-order valence-corrected chi connectivity index (χ1v) is 4.97. The summed E-state index contributed by atoms with van der Waals surface area (Å²) in [5, 5.41) is 2.33. The largest absolute Gasteiger partial charge is 0.465 e. The number of carbonyl (C=O) groups excluding carboxylic acids is 3. The third-order valence-corrected chi connectivity index (χ3v) is 1.70. The Hall–Kier alpha value is -1.79. The normalized spacial score (nSPS) is 9.38. The fourth-order valence-electron chi connectivity index (χ4n) is 0.987. The molecule has 3 amide bonds. The number of hydrogen-bond acceptors (Lipinski definition) is 4. The second kappa shape index (κ2) is 7.49. The van der Waals surface area contributed by atoms with Crippen LogP contribution in [0, 0.1) is 0 Å². The molecule has 0 spiro atoms. The van der Waals surface area contributed by atoms with Crippen LogP contribution in [0.15, 0.2) is 0 Å². The van der Waals surface area contributed by atoms with Gasteiger partial charge in [0.1, 0.15) is 13.1 Å². The van der Waals surface area contributed by atoms with Crippen LogP contribution in [-0.4, -0.2) is 49.0 Å². The van der Waals surface area contributed by atoms with Gasteiger partial charge in [0.05, 0.1) is 6.61 Å². The topological polar surface area (TPSA) is 102 Å². The maximum Gasteiger partial charge on any atom is 0.325 e. The Kier molecular flexibility index (Phi) is 6.66. The average molecular weight is 231 g/mol. The van der Waals surface area contributed by atoms with Crippen molar-refractivity contribution in [2.24, 2.45) is 5.73 Å². The second-order valence-corrected chi connectivity index (χ2v) is 2.94. The van der Waals surface area contributed by atoms with Crippen LogP contribution < -0.4 is 11.1 Å². The van der Waals surface area contributed by atoms with Crippen molar-refractivity contribution in [2.45, 2.75) is 13.8 Å². The van der Waals surface area contributed by atoms with Crippen LogP contribution in [-0.2, 0) is 14.3 Å². The summed E-state index contributed by atoms with van der Waals surface area (Å²) in [7, 11) is 0. The molecule has 0 fully saturated rings. The first kappa shape index (κ1) is 14.2. The lowest BCUT2D eigenvalue weighted by atomic mass is 10.5. The Balaban J connectivity index is 4.02. The second-order valence-electron chi connectivity index (χ2n) is 2.94. The molecule has 0 heterocycles. The van der Waals surface area contributed by atoms with Gasteiger partial charge in [-0.3, -0.25) is 9.59 Å². The first-order valence-electron chi connectivity index (χ1n) is 4.97. The number of urea groups is 1. The molecular formula is C9H17N3O4. The Labute approximate surface area is 93.9 Å². The van der Waals surface area contributed by atoms with E-state index in [0.29, 0.717) is 6.54 Å². The highest BCUT2D eigenvalue weighted by atomic mass is 16.5. The summed E-state index contributed by atoms with van der Waals surface area (Å²) in [5.74, 6) is -1.13. The molecule has 7 nitrogen and oxygen atoms in total. The average Bonchev–Trinajstić information content (AvgIpc) is 2.22. The summed E-state index contributed by atoms with van der Waals surface area (Å²) in [5.41, 5.74) is 4.96. The zero-order chi connectivity index (χ0) is 12.6. The van der Waals surface area contributed by atoms with Crippen LogP contribution >= 0.6 is 0 Å². The number of esters is 1. The zero-order valence-corrected chi connectivity index (χ0v) is 9.49. The summed E-state index contributed by atoms with van der Waals surface area (Å²) in [6, 6.07) is -0.519. The smallest absolute Gasteiger partial charge is 0.325 e. The van der Waals surface area contributed by atoms with Gasteiger partial charge in [-0.05, 0) is 13.8 Å². The third kappa shape index (κ3) is 5.84. The van der Waals surface area contributed by atoms with E-state index in [1.165, 1.54) is 4.90 Å². The van der Waals surface area contributed by atoms with E-state index >= 15 is 0 Å². The SMILES string of the molecule is CCOC(=O)CNC(=O)N(CC)CC(N)=O. The molecule has 3 N–H and O–H groups in total. The zero-order valence-electron chi connectivity index (χ0n) is 9.49. The Morgan fingerprint density at radius 3 is 2.38 bits per heavy atom. The molecular weight excluding hydrogens is 214 g/mol. The van der Waals surface area contributed by atoms with Gasteiger partial charge in [0.2, 0.25) is 5.91 Å². The highest BCUT2D eigenvalue weighted by Gasteiger charge is 2.14. The van der Waals surface area contributed by atoms with Crippen LogP contribution in [0.5, 0.6) is 0 Å². The highest BCUT2D eigenvalue weighted by molar-refractivity contribution is 5.85. The fraction of sp³-hybridized carbons (Fsp3) is 0.667. The maximum atomic E-state index is 11.4. The van der Waals surface area contributed by atoms with E-state index in [4.69, 9.17) is 5.73 Å². The molecule has 0 radical (unpaired) electrons. The number of rotatable bonds is 6. The van der Waals surface area contributed by atoms with Gasteiger partial charge in [-0.2, -0.15) is 0 Å².